The Kier molecular flexibility index (Phi) is 6.22. The molecule has 112 valence electrons. The van der Waals surface area contributed by atoms with E-state index in [2.05, 4.69) is 29.6 Å². The lowest BCUT2D eigenvalue weighted by atomic mass is 10.1. The van der Waals surface area contributed by atoms with Crippen LogP contribution in [0.25, 0.3) is 0 Å². The van der Waals surface area contributed by atoms with E-state index in [9.17, 15) is 4.39 Å². The van der Waals surface area contributed by atoms with Gasteiger partial charge in [-0.2, -0.15) is 0 Å². The van der Waals surface area contributed by atoms with Crippen LogP contribution in [0.2, 0.25) is 0 Å². The molecular weight excluding hydrogens is 265 g/mol. The second kappa shape index (κ2) is 8.42. The van der Waals surface area contributed by atoms with Crippen molar-refractivity contribution in [2.45, 2.75) is 25.8 Å². The highest BCUT2D eigenvalue weighted by Crippen LogP contribution is 2.20. The van der Waals surface area contributed by atoms with Crippen LogP contribution >= 0.6 is 0 Å². The first kappa shape index (κ1) is 15.5. The fourth-order valence-corrected chi connectivity index (χ4v) is 2.28. The standard InChI is InChI=1S/C18H22FNO/c1-20-14-16-13-17(19)10-11-18(16)21-12-6-5-9-15-7-3-2-4-8-15/h2-4,7-8,10-11,13,20H,5-6,9,12,14H2,1H3. The Morgan fingerprint density at radius 2 is 1.86 bits per heavy atom. The number of nitrogens with one attached hydrogen (secondary N) is 1. The Labute approximate surface area is 126 Å². The van der Waals surface area contributed by atoms with Gasteiger partial charge in [0.1, 0.15) is 11.6 Å². The Hall–Kier alpha value is -1.87. The number of rotatable bonds is 8. The number of ether oxygens (including phenoxy) is 1. The van der Waals surface area contributed by atoms with Gasteiger partial charge in [-0.3, -0.25) is 0 Å². The van der Waals surface area contributed by atoms with Crippen LogP contribution in [0.5, 0.6) is 5.75 Å². The van der Waals surface area contributed by atoms with Gasteiger partial charge in [-0.25, -0.2) is 4.39 Å². The zero-order valence-electron chi connectivity index (χ0n) is 12.4. The monoisotopic (exact) mass is 287 g/mol. The lowest BCUT2D eigenvalue weighted by Crippen LogP contribution is -2.08. The number of benzene rings is 2. The highest BCUT2D eigenvalue weighted by atomic mass is 19.1. The van der Waals surface area contributed by atoms with Crippen molar-refractivity contribution < 1.29 is 9.13 Å². The molecule has 0 radical (unpaired) electrons. The molecule has 0 aliphatic rings. The van der Waals surface area contributed by atoms with Crippen molar-refractivity contribution >= 4 is 0 Å². The topological polar surface area (TPSA) is 21.3 Å². The molecule has 0 heterocycles. The molecule has 2 aromatic carbocycles. The summed E-state index contributed by atoms with van der Waals surface area (Å²) in [6.07, 6.45) is 3.15. The van der Waals surface area contributed by atoms with E-state index < -0.39 is 0 Å². The quantitative estimate of drug-likeness (QED) is 0.742. The molecule has 0 fully saturated rings. The summed E-state index contributed by atoms with van der Waals surface area (Å²) in [5, 5.41) is 3.03. The van der Waals surface area contributed by atoms with Crippen molar-refractivity contribution in [2.24, 2.45) is 0 Å². The Morgan fingerprint density at radius 1 is 1.05 bits per heavy atom. The molecule has 2 aromatic rings. The van der Waals surface area contributed by atoms with Gasteiger partial charge in [0.25, 0.3) is 0 Å². The molecule has 0 aliphatic carbocycles. The molecule has 0 atom stereocenters. The molecule has 1 N–H and O–H groups in total. The maximum Gasteiger partial charge on any atom is 0.123 e. The summed E-state index contributed by atoms with van der Waals surface area (Å²) in [5.74, 6) is 0.544. The van der Waals surface area contributed by atoms with Crippen molar-refractivity contribution in [1.82, 2.24) is 5.32 Å². The molecule has 21 heavy (non-hydrogen) atoms. The summed E-state index contributed by atoms with van der Waals surface area (Å²) in [6.45, 7) is 1.27. The van der Waals surface area contributed by atoms with E-state index in [0.717, 1.165) is 30.6 Å². The molecule has 0 aliphatic heterocycles. The van der Waals surface area contributed by atoms with E-state index in [4.69, 9.17) is 4.74 Å². The zero-order chi connectivity index (χ0) is 14.9. The van der Waals surface area contributed by atoms with Crippen LogP contribution in [0.3, 0.4) is 0 Å². The molecule has 3 heteroatoms. The van der Waals surface area contributed by atoms with Crippen LogP contribution in [0.15, 0.2) is 48.5 Å². The minimum absolute atomic E-state index is 0.225. The van der Waals surface area contributed by atoms with Gasteiger partial charge in [-0.05, 0) is 50.1 Å². The van der Waals surface area contributed by atoms with Crippen molar-refractivity contribution in [3.63, 3.8) is 0 Å². The highest BCUT2D eigenvalue weighted by Gasteiger charge is 2.04. The van der Waals surface area contributed by atoms with Gasteiger partial charge in [-0.15, -0.1) is 0 Å². The minimum atomic E-state index is -0.225. The number of unbranched alkanes of at least 4 members (excludes halogenated alkanes) is 1. The second-order valence-corrected chi connectivity index (χ2v) is 5.07. The molecule has 0 bridgehead atoms. The third-order valence-electron chi connectivity index (χ3n) is 3.35. The largest absolute Gasteiger partial charge is 0.493 e. The van der Waals surface area contributed by atoms with E-state index >= 15 is 0 Å². The molecule has 0 amide bonds. The van der Waals surface area contributed by atoms with Crippen LogP contribution in [-0.4, -0.2) is 13.7 Å². The smallest absolute Gasteiger partial charge is 0.123 e. The molecular formula is C18H22FNO. The molecule has 2 nitrogen and oxygen atoms in total. The summed E-state index contributed by atoms with van der Waals surface area (Å²) in [6, 6.07) is 15.1. The average molecular weight is 287 g/mol. The second-order valence-electron chi connectivity index (χ2n) is 5.07. The number of aryl methyl sites for hydroxylation is 1. The van der Waals surface area contributed by atoms with E-state index in [1.54, 1.807) is 6.07 Å². The highest BCUT2D eigenvalue weighted by molar-refractivity contribution is 5.33. The molecule has 2 rings (SSSR count). The number of hydrogen-bond donors (Lipinski definition) is 1. The van der Waals surface area contributed by atoms with Gasteiger partial charge >= 0.3 is 0 Å². The van der Waals surface area contributed by atoms with Gasteiger partial charge < -0.3 is 10.1 Å². The third-order valence-corrected chi connectivity index (χ3v) is 3.35. The summed E-state index contributed by atoms with van der Waals surface area (Å²) < 4.78 is 19.0. The van der Waals surface area contributed by atoms with E-state index in [1.807, 2.05) is 13.1 Å². The van der Waals surface area contributed by atoms with Gasteiger partial charge in [0.2, 0.25) is 0 Å². The third kappa shape index (κ3) is 5.20. The average Bonchev–Trinajstić information content (AvgIpc) is 2.50. The van der Waals surface area contributed by atoms with Gasteiger partial charge in [0, 0.05) is 12.1 Å². The van der Waals surface area contributed by atoms with Crippen LogP contribution in [0.1, 0.15) is 24.0 Å². The predicted octanol–water partition coefficient (Wildman–Crippen LogP) is 3.95. The van der Waals surface area contributed by atoms with Crippen molar-refractivity contribution in [2.75, 3.05) is 13.7 Å². The van der Waals surface area contributed by atoms with Crippen LogP contribution in [0, 0.1) is 5.82 Å². The van der Waals surface area contributed by atoms with Crippen molar-refractivity contribution in [1.29, 1.82) is 0 Å². The Balaban J connectivity index is 1.75. The normalized spacial score (nSPS) is 10.6. The number of halogens is 1. The molecule has 0 saturated heterocycles. The Bertz CT molecular complexity index is 542. The van der Waals surface area contributed by atoms with Crippen LogP contribution in [0.4, 0.5) is 4.39 Å². The first-order valence-electron chi connectivity index (χ1n) is 7.39. The fourth-order valence-electron chi connectivity index (χ4n) is 2.28. The van der Waals surface area contributed by atoms with Gasteiger partial charge in [0.05, 0.1) is 6.61 Å². The lowest BCUT2D eigenvalue weighted by molar-refractivity contribution is 0.303. The zero-order valence-corrected chi connectivity index (χ0v) is 12.4. The molecule has 0 unspecified atom stereocenters. The molecule has 0 aromatic heterocycles. The minimum Gasteiger partial charge on any atom is -0.493 e. The lowest BCUT2D eigenvalue weighted by Gasteiger charge is -2.11. The Morgan fingerprint density at radius 3 is 2.62 bits per heavy atom. The SMILES string of the molecule is CNCc1cc(F)ccc1OCCCCc1ccccc1. The summed E-state index contributed by atoms with van der Waals surface area (Å²) >= 11 is 0. The maximum absolute atomic E-state index is 13.2. The van der Waals surface area contributed by atoms with E-state index in [0.29, 0.717) is 13.2 Å². The molecule has 0 saturated carbocycles. The van der Waals surface area contributed by atoms with Crippen LogP contribution < -0.4 is 10.1 Å². The van der Waals surface area contributed by atoms with Crippen molar-refractivity contribution in [3.05, 3.63) is 65.5 Å². The van der Waals surface area contributed by atoms with Gasteiger partial charge in [-0.1, -0.05) is 30.3 Å². The van der Waals surface area contributed by atoms with E-state index in [-0.39, 0.29) is 5.82 Å². The fraction of sp³-hybridized carbons (Fsp3) is 0.333. The number of hydrogen-bond acceptors (Lipinski definition) is 2. The van der Waals surface area contributed by atoms with Crippen LogP contribution in [-0.2, 0) is 13.0 Å². The predicted molar refractivity (Wildman–Crippen MR) is 84.0 cm³/mol. The molecule has 0 spiro atoms. The summed E-state index contributed by atoms with van der Waals surface area (Å²) in [4.78, 5) is 0. The first-order chi connectivity index (χ1) is 10.3. The van der Waals surface area contributed by atoms with Gasteiger partial charge in [0.15, 0.2) is 0 Å². The van der Waals surface area contributed by atoms with Crippen molar-refractivity contribution in [3.8, 4) is 5.75 Å². The maximum atomic E-state index is 13.2. The summed E-state index contributed by atoms with van der Waals surface area (Å²) in [5.41, 5.74) is 2.22. The van der Waals surface area contributed by atoms with E-state index in [1.165, 1.54) is 17.7 Å². The summed E-state index contributed by atoms with van der Waals surface area (Å²) in [7, 11) is 1.84. The first-order valence-corrected chi connectivity index (χ1v) is 7.39.